The predicted octanol–water partition coefficient (Wildman–Crippen LogP) is 0.590. The molecular formula is C14H18N2O5. The third-order valence-electron chi connectivity index (χ3n) is 2.60. The highest BCUT2D eigenvalue weighted by Gasteiger charge is 2.21. The van der Waals surface area contributed by atoms with Crippen LogP contribution in [0.3, 0.4) is 0 Å². The average Bonchev–Trinajstić information content (AvgIpc) is 2.47. The summed E-state index contributed by atoms with van der Waals surface area (Å²) in [6, 6.07) is 8.38. The zero-order valence-electron chi connectivity index (χ0n) is 11.9. The Balaban J connectivity index is 2.65. The van der Waals surface area contributed by atoms with Gasteiger partial charge in [-0.2, -0.15) is 0 Å². The van der Waals surface area contributed by atoms with E-state index in [-0.39, 0.29) is 6.73 Å². The number of hydrogen-bond donors (Lipinski definition) is 2. The van der Waals surface area contributed by atoms with Gasteiger partial charge < -0.3 is 20.1 Å². The van der Waals surface area contributed by atoms with Crippen LogP contribution in [-0.4, -0.2) is 37.9 Å². The maximum atomic E-state index is 12.0. The molecule has 0 heterocycles. The molecule has 0 aliphatic rings. The van der Waals surface area contributed by atoms with Gasteiger partial charge in [0.1, 0.15) is 6.04 Å². The van der Waals surface area contributed by atoms with Crippen molar-refractivity contribution in [2.75, 3.05) is 13.8 Å². The second-order valence-electron chi connectivity index (χ2n) is 4.20. The summed E-state index contributed by atoms with van der Waals surface area (Å²) >= 11 is 0. The van der Waals surface area contributed by atoms with Crippen LogP contribution in [0.4, 0.5) is 4.79 Å². The minimum atomic E-state index is -0.824. The highest BCUT2D eigenvalue weighted by Crippen LogP contribution is 2.03. The standard InChI is InChI=1S/C14H18N2O5/c1-10(17)21-9-15-13(18)12(16-14(19)20-2)8-11-6-4-3-5-7-11/h3-7,12H,8-9H2,1-2H3,(H,15,18)(H,16,19)/t12-/m0/s1. The highest BCUT2D eigenvalue weighted by molar-refractivity contribution is 5.85. The number of rotatable bonds is 6. The lowest BCUT2D eigenvalue weighted by Crippen LogP contribution is -2.48. The number of carbonyl (C=O) groups is 3. The lowest BCUT2D eigenvalue weighted by atomic mass is 10.1. The van der Waals surface area contributed by atoms with E-state index in [4.69, 9.17) is 0 Å². The van der Waals surface area contributed by atoms with E-state index in [9.17, 15) is 14.4 Å². The minimum absolute atomic E-state index is 0.248. The number of carbonyl (C=O) groups excluding carboxylic acids is 3. The zero-order chi connectivity index (χ0) is 15.7. The number of hydrogen-bond acceptors (Lipinski definition) is 5. The number of benzene rings is 1. The molecule has 0 unspecified atom stereocenters. The van der Waals surface area contributed by atoms with Gasteiger partial charge in [-0.05, 0) is 5.56 Å². The van der Waals surface area contributed by atoms with E-state index in [0.717, 1.165) is 5.56 Å². The van der Waals surface area contributed by atoms with Gasteiger partial charge in [-0.3, -0.25) is 9.59 Å². The summed E-state index contributed by atoms with van der Waals surface area (Å²) in [6.45, 7) is 0.989. The van der Waals surface area contributed by atoms with Crippen molar-refractivity contribution < 1.29 is 23.9 Å². The van der Waals surface area contributed by atoms with Crippen molar-refractivity contribution in [3.8, 4) is 0 Å². The number of nitrogens with one attached hydrogen (secondary N) is 2. The van der Waals surface area contributed by atoms with Gasteiger partial charge in [0, 0.05) is 13.3 Å². The van der Waals surface area contributed by atoms with E-state index in [2.05, 4.69) is 20.1 Å². The Kier molecular flexibility index (Phi) is 6.73. The van der Waals surface area contributed by atoms with Crippen LogP contribution in [0.15, 0.2) is 30.3 Å². The molecule has 0 saturated heterocycles. The Morgan fingerprint density at radius 2 is 1.86 bits per heavy atom. The van der Waals surface area contributed by atoms with Crippen molar-refractivity contribution in [3.05, 3.63) is 35.9 Å². The SMILES string of the molecule is COC(=O)N[C@@H](Cc1ccccc1)C(=O)NCOC(C)=O. The monoisotopic (exact) mass is 294 g/mol. The van der Waals surface area contributed by atoms with Crippen molar-refractivity contribution in [2.45, 2.75) is 19.4 Å². The second-order valence-corrected chi connectivity index (χ2v) is 4.20. The minimum Gasteiger partial charge on any atom is -0.453 e. The summed E-state index contributed by atoms with van der Waals surface area (Å²) in [5, 5.41) is 4.85. The molecule has 0 aromatic heterocycles. The molecule has 0 fully saturated rings. The van der Waals surface area contributed by atoms with Gasteiger partial charge in [-0.25, -0.2) is 4.79 Å². The smallest absolute Gasteiger partial charge is 0.407 e. The first kappa shape index (κ1) is 16.5. The van der Waals surface area contributed by atoms with Crippen LogP contribution in [-0.2, 0) is 25.5 Å². The van der Waals surface area contributed by atoms with E-state index < -0.39 is 24.0 Å². The highest BCUT2D eigenvalue weighted by atomic mass is 16.5. The molecule has 0 aliphatic heterocycles. The topological polar surface area (TPSA) is 93.7 Å². The molecule has 0 aliphatic carbocycles. The van der Waals surface area contributed by atoms with Crippen LogP contribution in [0.1, 0.15) is 12.5 Å². The van der Waals surface area contributed by atoms with E-state index in [0.29, 0.717) is 6.42 Å². The predicted molar refractivity (Wildman–Crippen MR) is 74.3 cm³/mol. The number of esters is 1. The molecule has 2 N–H and O–H groups in total. The fraction of sp³-hybridized carbons (Fsp3) is 0.357. The van der Waals surface area contributed by atoms with Gasteiger partial charge in [-0.15, -0.1) is 0 Å². The Bertz CT molecular complexity index is 489. The first-order chi connectivity index (χ1) is 10.0. The lowest BCUT2D eigenvalue weighted by Gasteiger charge is -2.17. The van der Waals surface area contributed by atoms with Crippen molar-refractivity contribution in [1.29, 1.82) is 0 Å². The van der Waals surface area contributed by atoms with E-state index in [1.807, 2.05) is 30.3 Å². The van der Waals surface area contributed by atoms with Crippen LogP contribution < -0.4 is 10.6 Å². The van der Waals surface area contributed by atoms with Crippen LogP contribution >= 0.6 is 0 Å². The summed E-state index contributed by atoms with van der Waals surface area (Å²) in [5.74, 6) is -0.971. The van der Waals surface area contributed by atoms with Crippen molar-refractivity contribution in [3.63, 3.8) is 0 Å². The van der Waals surface area contributed by atoms with E-state index in [1.54, 1.807) is 0 Å². The molecular weight excluding hydrogens is 276 g/mol. The van der Waals surface area contributed by atoms with Crippen LogP contribution in [0.25, 0.3) is 0 Å². The average molecular weight is 294 g/mol. The summed E-state index contributed by atoms with van der Waals surface area (Å²) < 4.78 is 9.13. The Labute approximate surface area is 122 Å². The molecule has 114 valence electrons. The normalized spacial score (nSPS) is 11.1. The van der Waals surface area contributed by atoms with Gasteiger partial charge in [-0.1, -0.05) is 30.3 Å². The number of alkyl carbamates (subject to hydrolysis) is 1. The fourth-order valence-electron chi connectivity index (χ4n) is 1.59. The third-order valence-corrected chi connectivity index (χ3v) is 2.60. The molecule has 21 heavy (non-hydrogen) atoms. The molecule has 1 aromatic rings. The fourth-order valence-corrected chi connectivity index (χ4v) is 1.59. The first-order valence-electron chi connectivity index (χ1n) is 6.32. The van der Waals surface area contributed by atoms with Crippen molar-refractivity contribution >= 4 is 18.0 Å². The molecule has 0 bridgehead atoms. The Hall–Kier alpha value is -2.57. The van der Waals surface area contributed by atoms with Gasteiger partial charge in [0.2, 0.25) is 5.91 Å². The molecule has 7 heteroatoms. The number of ether oxygens (including phenoxy) is 2. The van der Waals surface area contributed by atoms with Crippen molar-refractivity contribution in [1.82, 2.24) is 10.6 Å². The first-order valence-corrected chi connectivity index (χ1v) is 6.32. The molecule has 1 rings (SSSR count). The molecule has 2 amide bonds. The second kappa shape index (κ2) is 8.57. The quantitative estimate of drug-likeness (QED) is 0.591. The van der Waals surface area contributed by atoms with Gasteiger partial charge in [0.15, 0.2) is 6.73 Å². The Morgan fingerprint density at radius 1 is 1.19 bits per heavy atom. The van der Waals surface area contributed by atoms with Gasteiger partial charge in [0.25, 0.3) is 0 Å². The molecule has 0 saturated carbocycles. The molecule has 1 atom stereocenters. The maximum absolute atomic E-state index is 12.0. The molecule has 0 spiro atoms. The molecule has 1 aromatic carbocycles. The molecule has 0 radical (unpaired) electrons. The van der Waals surface area contributed by atoms with E-state index in [1.165, 1.54) is 14.0 Å². The Morgan fingerprint density at radius 3 is 2.43 bits per heavy atom. The van der Waals surface area contributed by atoms with Gasteiger partial charge in [0.05, 0.1) is 7.11 Å². The summed E-state index contributed by atoms with van der Waals surface area (Å²) in [6.07, 6.45) is -0.416. The number of methoxy groups -OCH3 is 1. The largest absolute Gasteiger partial charge is 0.453 e. The molecule has 7 nitrogen and oxygen atoms in total. The van der Waals surface area contributed by atoms with Crippen LogP contribution in [0, 0.1) is 0 Å². The van der Waals surface area contributed by atoms with Gasteiger partial charge >= 0.3 is 12.1 Å². The van der Waals surface area contributed by atoms with Crippen molar-refractivity contribution in [2.24, 2.45) is 0 Å². The zero-order valence-corrected chi connectivity index (χ0v) is 11.9. The summed E-state index contributed by atoms with van der Waals surface area (Å²) in [4.78, 5) is 34.0. The lowest BCUT2D eigenvalue weighted by molar-refractivity contribution is -0.143. The van der Waals surface area contributed by atoms with Crippen LogP contribution in [0.2, 0.25) is 0 Å². The maximum Gasteiger partial charge on any atom is 0.407 e. The number of amides is 2. The van der Waals surface area contributed by atoms with E-state index >= 15 is 0 Å². The summed E-state index contributed by atoms with van der Waals surface area (Å²) in [7, 11) is 1.21. The summed E-state index contributed by atoms with van der Waals surface area (Å²) in [5.41, 5.74) is 0.876. The third kappa shape index (κ3) is 6.42. The van der Waals surface area contributed by atoms with Crippen LogP contribution in [0.5, 0.6) is 0 Å².